The Balaban J connectivity index is 2.52. The summed E-state index contributed by atoms with van der Waals surface area (Å²) in [6.45, 7) is 1.24. The molecule has 0 fully saturated rings. The van der Waals surface area contributed by atoms with E-state index in [1.807, 2.05) is 0 Å². The van der Waals surface area contributed by atoms with E-state index in [2.05, 4.69) is 10.6 Å². The molecule has 0 spiro atoms. The zero-order valence-corrected chi connectivity index (χ0v) is 11.0. The summed E-state index contributed by atoms with van der Waals surface area (Å²) in [5.41, 5.74) is -0.204. The first-order valence-corrected chi connectivity index (χ1v) is 6.10. The van der Waals surface area contributed by atoms with Crippen molar-refractivity contribution in [3.8, 4) is 0 Å². The van der Waals surface area contributed by atoms with E-state index >= 15 is 0 Å². The highest BCUT2D eigenvalue weighted by atomic mass is 19.1. The summed E-state index contributed by atoms with van der Waals surface area (Å²) in [4.78, 5) is 23.1. The van der Waals surface area contributed by atoms with Crippen LogP contribution >= 0.6 is 0 Å². The standard InChI is InChI=1S/C13H16F2N2O3/c1-2-11(7-18)17-12(19)6-16-13(20)8-3-9(14)5-10(15)4-8/h3-5,11,18H,2,6-7H2,1H3,(H,16,20)(H,17,19)/t11-/m1/s1. The number of carbonyl (C=O) groups is 2. The third-order valence-electron chi connectivity index (χ3n) is 2.61. The van der Waals surface area contributed by atoms with E-state index in [0.717, 1.165) is 12.1 Å². The number of hydrogen-bond acceptors (Lipinski definition) is 3. The molecule has 1 aromatic carbocycles. The summed E-state index contributed by atoms with van der Waals surface area (Å²) in [7, 11) is 0. The molecule has 0 saturated carbocycles. The molecule has 0 bridgehead atoms. The van der Waals surface area contributed by atoms with Crippen molar-refractivity contribution in [2.24, 2.45) is 0 Å². The first kappa shape index (κ1) is 16.0. The summed E-state index contributed by atoms with van der Waals surface area (Å²) in [5, 5.41) is 13.6. The zero-order chi connectivity index (χ0) is 15.1. The van der Waals surface area contributed by atoms with Crippen LogP contribution < -0.4 is 10.6 Å². The Morgan fingerprint density at radius 2 is 1.85 bits per heavy atom. The topological polar surface area (TPSA) is 78.4 Å². The maximum absolute atomic E-state index is 12.9. The van der Waals surface area contributed by atoms with Gasteiger partial charge in [-0.1, -0.05) is 6.92 Å². The SMILES string of the molecule is CC[C@H](CO)NC(=O)CNC(=O)c1cc(F)cc(F)c1. The van der Waals surface area contributed by atoms with Crippen LogP contribution in [-0.4, -0.2) is 36.1 Å². The van der Waals surface area contributed by atoms with E-state index in [9.17, 15) is 18.4 Å². The van der Waals surface area contributed by atoms with Crippen LogP contribution in [-0.2, 0) is 4.79 Å². The van der Waals surface area contributed by atoms with Gasteiger partial charge in [-0.2, -0.15) is 0 Å². The number of hydrogen-bond donors (Lipinski definition) is 3. The van der Waals surface area contributed by atoms with Gasteiger partial charge >= 0.3 is 0 Å². The van der Waals surface area contributed by atoms with E-state index in [1.54, 1.807) is 6.92 Å². The van der Waals surface area contributed by atoms with E-state index in [-0.39, 0.29) is 24.8 Å². The average molecular weight is 286 g/mol. The summed E-state index contributed by atoms with van der Waals surface area (Å²) in [5.74, 6) is -2.98. The van der Waals surface area contributed by atoms with Gasteiger partial charge in [0.15, 0.2) is 0 Å². The number of aliphatic hydroxyl groups excluding tert-OH is 1. The van der Waals surface area contributed by atoms with Crippen LogP contribution in [0.1, 0.15) is 23.7 Å². The molecule has 0 unspecified atom stereocenters. The van der Waals surface area contributed by atoms with E-state index in [4.69, 9.17) is 5.11 Å². The van der Waals surface area contributed by atoms with Crippen LogP contribution in [0.15, 0.2) is 18.2 Å². The van der Waals surface area contributed by atoms with Gasteiger partial charge in [0.25, 0.3) is 5.91 Å². The fourth-order valence-electron chi connectivity index (χ4n) is 1.50. The van der Waals surface area contributed by atoms with E-state index < -0.39 is 23.4 Å². The predicted molar refractivity (Wildman–Crippen MR) is 68.0 cm³/mol. The van der Waals surface area contributed by atoms with Crippen LogP contribution in [0, 0.1) is 11.6 Å². The first-order chi connectivity index (χ1) is 9.46. The lowest BCUT2D eigenvalue weighted by Gasteiger charge is -2.14. The third-order valence-corrected chi connectivity index (χ3v) is 2.61. The quantitative estimate of drug-likeness (QED) is 0.716. The molecule has 0 heterocycles. The van der Waals surface area contributed by atoms with Gasteiger partial charge in [0.2, 0.25) is 5.91 Å². The van der Waals surface area contributed by atoms with Gasteiger partial charge in [-0.25, -0.2) is 8.78 Å². The summed E-state index contributed by atoms with van der Waals surface area (Å²) >= 11 is 0. The largest absolute Gasteiger partial charge is 0.394 e. The molecule has 1 rings (SSSR count). The number of amides is 2. The molecule has 1 atom stereocenters. The molecule has 0 radical (unpaired) electrons. The molecule has 110 valence electrons. The van der Waals surface area contributed by atoms with Crippen molar-refractivity contribution in [2.75, 3.05) is 13.2 Å². The third kappa shape index (κ3) is 4.93. The number of nitrogens with one attached hydrogen (secondary N) is 2. The molecule has 0 aromatic heterocycles. The fraction of sp³-hybridized carbons (Fsp3) is 0.385. The number of benzene rings is 1. The zero-order valence-electron chi connectivity index (χ0n) is 11.0. The van der Waals surface area contributed by atoms with Crippen LogP contribution in [0.2, 0.25) is 0 Å². The molecule has 20 heavy (non-hydrogen) atoms. The second-order valence-corrected chi connectivity index (χ2v) is 4.20. The molecule has 0 aliphatic rings. The highest BCUT2D eigenvalue weighted by molar-refractivity contribution is 5.96. The van der Waals surface area contributed by atoms with Crippen molar-refractivity contribution in [2.45, 2.75) is 19.4 Å². The van der Waals surface area contributed by atoms with Gasteiger partial charge in [0, 0.05) is 11.6 Å². The maximum atomic E-state index is 12.9. The first-order valence-electron chi connectivity index (χ1n) is 6.10. The Morgan fingerprint density at radius 3 is 2.35 bits per heavy atom. The molecule has 3 N–H and O–H groups in total. The number of aliphatic hydroxyl groups is 1. The molecule has 0 saturated heterocycles. The fourth-order valence-corrected chi connectivity index (χ4v) is 1.50. The molecule has 0 aliphatic heterocycles. The summed E-state index contributed by atoms with van der Waals surface area (Å²) < 4.78 is 25.8. The number of carbonyl (C=O) groups excluding carboxylic acids is 2. The van der Waals surface area contributed by atoms with Gasteiger partial charge in [0.05, 0.1) is 19.2 Å². The Labute approximate surface area is 115 Å². The highest BCUT2D eigenvalue weighted by Gasteiger charge is 2.12. The van der Waals surface area contributed by atoms with Gasteiger partial charge in [0.1, 0.15) is 11.6 Å². The van der Waals surface area contributed by atoms with Gasteiger partial charge in [-0.15, -0.1) is 0 Å². The molecule has 2 amide bonds. The lowest BCUT2D eigenvalue weighted by molar-refractivity contribution is -0.121. The Morgan fingerprint density at radius 1 is 1.25 bits per heavy atom. The number of rotatable bonds is 6. The second-order valence-electron chi connectivity index (χ2n) is 4.20. The van der Waals surface area contributed by atoms with Crippen molar-refractivity contribution in [1.29, 1.82) is 0 Å². The highest BCUT2D eigenvalue weighted by Crippen LogP contribution is 2.07. The minimum absolute atomic E-state index is 0.203. The van der Waals surface area contributed by atoms with Crippen molar-refractivity contribution >= 4 is 11.8 Å². The smallest absolute Gasteiger partial charge is 0.251 e. The second kappa shape index (κ2) is 7.54. The van der Waals surface area contributed by atoms with Crippen molar-refractivity contribution in [3.63, 3.8) is 0 Å². The van der Waals surface area contributed by atoms with Crippen LogP contribution in [0.4, 0.5) is 8.78 Å². The van der Waals surface area contributed by atoms with Gasteiger partial charge in [-0.3, -0.25) is 9.59 Å². The number of halogens is 2. The minimum atomic E-state index is -0.870. The van der Waals surface area contributed by atoms with Crippen LogP contribution in [0.25, 0.3) is 0 Å². The molecular formula is C13H16F2N2O3. The van der Waals surface area contributed by atoms with Crippen molar-refractivity contribution in [1.82, 2.24) is 10.6 Å². The molecular weight excluding hydrogens is 270 g/mol. The van der Waals surface area contributed by atoms with E-state index in [0.29, 0.717) is 12.5 Å². The van der Waals surface area contributed by atoms with Crippen molar-refractivity contribution < 1.29 is 23.5 Å². The normalized spacial score (nSPS) is 11.8. The maximum Gasteiger partial charge on any atom is 0.251 e. The van der Waals surface area contributed by atoms with Gasteiger partial charge < -0.3 is 15.7 Å². The van der Waals surface area contributed by atoms with Gasteiger partial charge in [-0.05, 0) is 18.6 Å². The van der Waals surface area contributed by atoms with Crippen molar-refractivity contribution in [3.05, 3.63) is 35.4 Å². The van der Waals surface area contributed by atoms with E-state index in [1.165, 1.54) is 0 Å². The molecule has 7 heteroatoms. The molecule has 1 aromatic rings. The minimum Gasteiger partial charge on any atom is -0.394 e. The Bertz CT molecular complexity index is 470. The molecule has 5 nitrogen and oxygen atoms in total. The average Bonchev–Trinajstić information content (AvgIpc) is 2.41. The van der Waals surface area contributed by atoms with Crippen LogP contribution in [0.5, 0.6) is 0 Å². The summed E-state index contributed by atoms with van der Waals surface area (Å²) in [6.07, 6.45) is 0.547. The lowest BCUT2D eigenvalue weighted by atomic mass is 10.2. The van der Waals surface area contributed by atoms with Crippen LogP contribution in [0.3, 0.4) is 0 Å². The Hall–Kier alpha value is -2.02. The predicted octanol–water partition coefficient (Wildman–Crippen LogP) is 0.582. The summed E-state index contributed by atoms with van der Waals surface area (Å²) in [6, 6.07) is 2.01. The Kier molecular flexibility index (Phi) is 6.05. The monoisotopic (exact) mass is 286 g/mol. The molecule has 0 aliphatic carbocycles. The lowest BCUT2D eigenvalue weighted by Crippen LogP contribution is -2.43.